The summed E-state index contributed by atoms with van der Waals surface area (Å²) in [5, 5.41) is 0. The molecule has 0 aromatic carbocycles. The van der Waals surface area contributed by atoms with E-state index in [0.717, 1.165) is 6.07 Å². The highest BCUT2D eigenvalue weighted by Crippen LogP contribution is 2.28. The van der Waals surface area contributed by atoms with Crippen molar-refractivity contribution in [3.63, 3.8) is 0 Å². The molecule has 3 aromatic heterocycles. The molecule has 1 atom stereocenters. The number of Topliss-reactive ketones (excluding diaryl/α,β-unsaturated/α-hetero) is 1. The second-order valence-corrected chi connectivity index (χ2v) is 5.91. The summed E-state index contributed by atoms with van der Waals surface area (Å²) in [5.74, 6) is -0.798. The summed E-state index contributed by atoms with van der Waals surface area (Å²) in [6, 6.07) is 2.62. The lowest BCUT2D eigenvalue weighted by molar-refractivity contribution is -0.138. The first-order valence-electron chi connectivity index (χ1n) is 8.05. The molecule has 28 heavy (non-hydrogen) atoms. The lowest BCUT2D eigenvalue weighted by Gasteiger charge is -2.11. The van der Waals surface area contributed by atoms with Crippen LogP contribution in [0.2, 0.25) is 0 Å². The SMILES string of the molecule is CC(CC(=O)c1cc(=O)[nH]c(-c2ncccn2)n1)c1ncc(C(F)(F)F)cn1. The molecule has 8 nitrogen and oxygen atoms in total. The number of aromatic amines is 1. The van der Waals surface area contributed by atoms with Crippen LogP contribution in [-0.4, -0.2) is 35.7 Å². The summed E-state index contributed by atoms with van der Waals surface area (Å²) >= 11 is 0. The van der Waals surface area contributed by atoms with E-state index in [1.165, 1.54) is 12.4 Å². The number of ketones is 1. The number of alkyl halides is 3. The molecular weight excluding hydrogens is 377 g/mol. The molecule has 0 saturated heterocycles. The number of carbonyl (C=O) groups is 1. The molecule has 0 amide bonds. The van der Waals surface area contributed by atoms with E-state index in [9.17, 15) is 22.8 Å². The summed E-state index contributed by atoms with van der Waals surface area (Å²) in [7, 11) is 0. The van der Waals surface area contributed by atoms with Crippen LogP contribution in [0.4, 0.5) is 13.2 Å². The van der Waals surface area contributed by atoms with Gasteiger partial charge in [0.1, 0.15) is 11.5 Å². The van der Waals surface area contributed by atoms with E-state index in [1.54, 1.807) is 13.0 Å². The smallest absolute Gasteiger partial charge is 0.304 e. The van der Waals surface area contributed by atoms with E-state index >= 15 is 0 Å². The van der Waals surface area contributed by atoms with Gasteiger partial charge in [0.25, 0.3) is 5.56 Å². The van der Waals surface area contributed by atoms with Gasteiger partial charge in [-0.1, -0.05) is 6.92 Å². The van der Waals surface area contributed by atoms with Crippen LogP contribution in [0, 0.1) is 0 Å². The molecule has 1 N–H and O–H groups in total. The Balaban J connectivity index is 1.79. The van der Waals surface area contributed by atoms with Crippen molar-refractivity contribution in [2.45, 2.75) is 25.4 Å². The highest BCUT2D eigenvalue weighted by molar-refractivity contribution is 5.94. The maximum atomic E-state index is 12.6. The number of nitrogens with zero attached hydrogens (tertiary/aromatic N) is 5. The zero-order chi connectivity index (χ0) is 20.3. The molecule has 0 aliphatic rings. The summed E-state index contributed by atoms with van der Waals surface area (Å²) in [6.45, 7) is 1.59. The first-order chi connectivity index (χ1) is 13.2. The molecule has 0 bridgehead atoms. The van der Waals surface area contributed by atoms with E-state index in [0.29, 0.717) is 12.4 Å². The number of carbonyl (C=O) groups excluding carboxylic acids is 1. The van der Waals surface area contributed by atoms with Crippen LogP contribution < -0.4 is 5.56 Å². The molecule has 144 valence electrons. The van der Waals surface area contributed by atoms with E-state index in [1.807, 2.05) is 0 Å². The van der Waals surface area contributed by atoms with Crippen LogP contribution in [0.25, 0.3) is 11.6 Å². The molecule has 0 aliphatic carbocycles. The van der Waals surface area contributed by atoms with E-state index in [4.69, 9.17) is 0 Å². The summed E-state index contributed by atoms with van der Waals surface area (Å²) < 4.78 is 37.7. The highest BCUT2D eigenvalue weighted by Gasteiger charge is 2.31. The molecular formula is C17H13F3N6O2. The number of hydrogen-bond donors (Lipinski definition) is 1. The van der Waals surface area contributed by atoms with Gasteiger partial charge in [-0.05, 0) is 6.07 Å². The predicted molar refractivity (Wildman–Crippen MR) is 90.3 cm³/mol. The van der Waals surface area contributed by atoms with Gasteiger partial charge in [-0.2, -0.15) is 13.2 Å². The van der Waals surface area contributed by atoms with E-state index in [2.05, 4.69) is 29.9 Å². The van der Waals surface area contributed by atoms with Crippen LogP contribution in [-0.2, 0) is 6.18 Å². The predicted octanol–water partition coefficient (Wildman–Crippen LogP) is 2.41. The quantitative estimate of drug-likeness (QED) is 0.665. The Kier molecular flexibility index (Phi) is 5.25. The average molecular weight is 390 g/mol. The van der Waals surface area contributed by atoms with Crippen molar-refractivity contribution in [2.24, 2.45) is 0 Å². The van der Waals surface area contributed by atoms with Crippen molar-refractivity contribution in [3.8, 4) is 11.6 Å². The third kappa shape index (κ3) is 4.42. The zero-order valence-electron chi connectivity index (χ0n) is 14.4. The Morgan fingerprint density at radius 1 is 1.14 bits per heavy atom. The van der Waals surface area contributed by atoms with Crippen LogP contribution in [0.3, 0.4) is 0 Å². The van der Waals surface area contributed by atoms with Crippen molar-refractivity contribution in [1.82, 2.24) is 29.9 Å². The van der Waals surface area contributed by atoms with Crippen LogP contribution in [0.1, 0.15) is 41.1 Å². The molecule has 3 heterocycles. The van der Waals surface area contributed by atoms with Crippen molar-refractivity contribution in [1.29, 1.82) is 0 Å². The molecule has 0 aliphatic heterocycles. The van der Waals surface area contributed by atoms with Gasteiger partial charge >= 0.3 is 6.18 Å². The van der Waals surface area contributed by atoms with Crippen molar-refractivity contribution in [2.75, 3.05) is 0 Å². The van der Waals surface area contributed by atoms with Gasteiger partial charge in [-0.3, -0.25) is 9.59 Å². The van der Waals surface area contributed by atoms with Crippen LogP contribution in [0.15, 0.2) is 41.7 Å². The molecule has 0 fully saturated rings. The Labute approximate surface area is 156 Å². The fourth-order valence-corrected chi connectivity index (χ4v) is 2.34. The second-order valence-electron chi connectivity index (χ2n) is 5.91. The zero-order valence-corrected chi connectivity index (χ0v) is 14.4. The van der Waals surface area contributed by atoms with Gasteiger partial charge in [0.15, 0.2) is 17.4 Å². The average Bonchev–Trinajstić information content (AvgIpc) is 2.67. The summed E-state index contributed by atoms with van der Waals surface area (Å²) in [4.78, 5) is 46.2. The van der Waals surface area contributed by atoms with Crippen molar-refractivity contribution in [3.05, 3.63) is 64.4 Å². The number of hydrogen-bond acceptors (Lipinski definition) is 7. The van der Waals surface area contributed by atoms with Gasteiger partial charge in [0, 0.05) is 43.2 Å². The fourth-order valence-electron chi connectivity index (χ4n) is 2.34. The van der Waals surface area contributed by atoms with Crippen LogP contribution in [0.5, 0.6) is 0 Å². The topological polar surface area (TPSA) is 114 Å². The molecule has 3 rings (SSSR count). The first-order valence-corrected chi connectivity index (χ1v) is 8.05. The Hall–Kier alpha value is -3.50. The van der Waals surface area contributed by atoms with Crippen molar-refractivity contribution < 1.29 is 18.0 Å². The van der Waals surface area contributed by atoms with Crippen LogP contribution >= 0.6 is 0 Å². The number of aromatic nitrogens is 6. The monoisotopic (exact) mass is 390 g/mol. The second kappa shape index (κ2) is 7.62. The largest absolute Gasteiger partial charge is 0.419 e. The molecule has 0 radical (unpaired) electrons. The minimum absolute atomic E-state index is 0.0369. The minimum Gasteiger partial charge on any atom is -0.304 e. The summed E-state index contributed by atoms with van der Waals surface area (Å²) in [6.07, 6.45) is -0.430. The van der Waals surface area contributed by atoms with E-state index in [-0.39, 0.29) is 29.6 Å². The molecule has 0 spiro atoms. The Morgan fingerprint density at radius 2 is 1.79 bits per heavy atom. The molecule has 11 heteroatoms. The lowest BCUT2D eigenvalue weighted by Crippen LogP contribution is -2.16. The van der Waals surface area contributed by atoms with Gasteiger partial charge in [-0.15, -0.1) is 0 Å². The summed E-state index contributed by atoms with van der Waals surface area (Å²) in [5.41, 5.74) is -1.64. The molecule has 1 unspecified atom stereocenters. The van der Waals surface area contributed by atoms with Gasteiger partial charge in [0.05, 0.1) is 5.56 Å². The first kappa shape index (κ1) is 19.3. The highest BCUT2D eigenvalue weighted by atomic mass is 19.4. The maximum absolute atomic E-state index is 12.6. The standard InChI is InChI=1S/C17H13F3N6O2/c1-9(14-23-7-10(8-24-14)17(18,19)20)5-12(27)11-6-13(28)26-16(25-11)15-21-3-2-4-22-15/h2-4,6-9H,5H2,1H3,(H,25,26,28). The number of rotatable bonds is 5. The minimum atomic E-state index is -4.54. The number of H-pyrrole nitrogens is 1. The van der Waals surface area contributed by atoms with Crippen molar-refractivity contribution >= 4 is 5.78 Å². The maximum Gasteiger partial charge on any atom is 0.419 e. The lowest BCUT2D eigenvalue weighted by atomic mass is 10.0. The Bertz CT molecular complexity index is 1040. The van der Waals surface area contributed by atoms with Gasteiger partial charge in [-0.25, -0.2) is 24.9 Å². The molecule has 3 aromatic rings. The third-order valence-electron chi connectivity index (χ3n) is 3.74. The van der Waals surface area contributed by atoms with E-state index < -0.39 is 29.0 Å². The van der Waals surface area contributed by atoms with Gasteiger partial charge in [0.2, 0.25) is 0 Å². The normalized spacial score (nSPS) is 12.6. The number of halogens is 3. The fraction of sp³-hybridized carbons (Fsp3) is 0.235. The molecule has 0 saturated carbocycles. The number of nitrogens with one attached hydrogen (secondary N) is 1. The third-order valence-corrected chi connectivity index (χ3v) is 3.74. The van der Waals surface area contributed by atoms with Gasteiger partial charge < -0.3 is 4.98 Å². The Morgan fingerprint density at radius 3 is 2.39 bits per heavy atom.